The van der Waals surface area contributed by atoms with Gasteiger partial charge in [0.2, 0.25) is 0 Å². The highest BCUT2D eigenvalue weighted by Crippen LogP contribution is 2.32. The summed E-state index contributed by atoms with van der Waals surface area (Å²) in [5, 5.41) is 6.11. The molecule has 0 aliphatic carbocycles. The van der Waals surface area contributed by atoms with Gasteiger partial charge in [-0.25, -0.2) is 4.79 Å². The molecule has 0 aromatic heterocycles. The van der Waals surface area contributed by atoms with Gasteiger partial charge < -0.3 is 10.6 Å². The Morgan fingerprint density at radius 2 is 1.40 bits per heavy atom. The van der Waals surface area contributed by atoms with E-state index in [-0.39, 0.29) is 11.9 Å². The van der Waals surface area contributed by atoms with E-state index in [2.05, 4.69) is 75.6 Å². The van der Waals surface area contributed by atoms with Crippen LogP contribution in [0.25, 0.3) is 0 Å². The van der Waals surface area contributed by atoms with Crippen molar-refractivity contribution >= 4 is 11.7 Å². The topological polar surface area (TPSA) is 41.1 Å². The number of rotatable bonds is 6. The molecule has 0 saturated carbocycles. The summed E-state index contributed by atoms with van der Waals surface area (Å²) >= 11 is 0. The van der Waals surface area contributed by atoms with E-state index in [1.165, 1.54) is 16.7 Å². The number of para-hydroxylation sites is 1. The lowest BCUT2D eigenvalue weighted by atomic mass is 9.93. The van der Waals surface area contributed by atoms with Gasteiger partial charge in [0.15, 0.2) is 0 Å². The molecule has 1 unspecified atom stereocenters. The van der Waals surface area contributed by atoms with E-state index < -0.39 is 0 Å². The Bertz CT molecular complexity index is 666. The van der Waals surface area contributed by atoms with Crippen molar-refractivity contribution in [2.24, 2.45) is 0 Å². The third kappa shape index (κ3) is 5.09. The Hall–Kier alpha value is -2.29. The SMILES string of the molecule is CC(C)c1cccc(C(C)C)c1NC(=O)NCC(C)c1ccccc1. The zero-order valence-corrected chi connectivity index (χ0v) is 16.0. The maximum atomic E-state index is 12.5. The van der Waals surface area contributed by atoms with Gasteiger partial charge >= 0.3 is 6.03 Å². The third-order valence-electron chi connectivity index (χ3n) is 4.55. The Labute approximate surface area is 151 Å². The number of urea groups is 1. The number of carbonyl (C=O) groups excluding carboxylic acids is 1. The summed E-state index contributed by atoms with van der Waals surface area (Å²) in [7, 11) is 0. The molecular formula is C22H30N2O. The number of nitrogens with one attached hydrogen (secondary N) is 2. The molecule has 2 amide bonds. The van der Waals surface area contributed by atoms with Gasteiger partial charge in [0.1, 0.15) is 0 Å². The summed E-state index contributed by atoms with van der Waals surface area (Å²) in [4.78, 5) is 12.5. The van der Waals surface area contributed by atoms with Gasteiger partial charge in [-0.3, -0.25) is 0 Å². The van der Waals surface area contributed by atoms with Crippen molar-refractivity contribution in [1.29, 1.82) is 0 Å². The first kappa shape index (κ1) is 19.0. The Balaban J connectivity index is 2.07. The van der Waals surface area contributed by atoms with Crippen LogP contribution in [0.4, 0.5) is 10.5 Å². The average molecular weight is 338 g/mol. The Kier molecular flexibility index (Phi) is 6.63. The molecule has 0 heterocycles. The van der Waals surface area contributed by atoms with Crippen LogP contribution in [-0.4, -0.2) is 12.6 Å². The molecule has 0 aliphatic heterocycles. The van der Waals surface area contributed by atoms with Crippen LogP contribution in [0.5, 0.6) is 0 Å². The van der Waals surface area contributed by atoms with Gasteiger partial charge in [-0.15, -0.1) is 0 Å². The number of hydrogen-bond donors (Lipinski definition) is 2. The maximum Gasteiger partial charge on any atom is 0.319 e. The Morgan fingerprint density at radius 3 is 1.92 bits per heavy atom. The molecule has 2 rings (SSSR count). The fraction of sp³-hybridized carbons (Fsp3) is 0.409. The molecular weight excluding hydrogens is 308 g/mol. The van der Waals surface area contributed by atoms with E-state index in [1.54, 1.807) is 0 Å². The first-order chi connectivity index (χ1) is 11.9. The van der Waals surface area contributed by atoms with Crippen LogP contribution < -0.4 is 10.6 Å². The molecule has 134 valence electrons. The highest BCUT2D eigenvalue weighted by molar-refractivity contribution is 5.91. The molecule has 2 aromatic rings. The van der Waals surface area contributed by atoms with E-state index in [0.717, 1.165) is 5.69 Å². The first-order valence-electron chi connectivity index (χ1n) is 9.12. The Morgan fingerprint density at radius 1 is 0.840 bits per heavy atom. The number of hydrogen-bond acceptors (Lipinski definition) is 1. The molecule has 25 heavy (non-hydrogen) atoms. The van der Waals surface area contributed by atoms with E-state index in [4.69, 9.17) is 0 Å². The monoisotopic (exact) mass is 338 g/mol. The highest BCUT2D eigenvalue weighted by Gasteiger charge is 2.16. The van der Waals surface area contributed by atoms with Crippen molar-refractivity contribution in [3.05, 3.63) is 65.2 Å². The number of benzene rings is 2. The molecule has 0 aliphatic rings. The molecule has 0 fully saturated rings. The van der Waals surface area contributed by atoms with Gasteiger partial charge in [-0.1, -0.05) is 83.1 Å². The molecule has 0 bridgehead atoms. The molecule has 1 atom stereocenters. The summed E-state index contributed by atoms with van der Waals surface area (Å²) < 4.78 is 0. The van der Waals surface area contributed by atoms with Crippen molar-refractivity contribution in [2.75, 3.05) is 11.9 Å². The summed E-state index contributed by atoms with van der Waals surface area (Å²) in [6.45, 7) is 11.3. The predicted octanol–water partition coefficient (Wildman–Crippen LogP) is 5.86. The van der Waals surface area contributed by atoms with Crippen LogP contribution in [0.3, 0.4) is 0 Å². The summed E-state index contributed by atoms with van der Waals surface area (Å²) in [5.41, 5.74) is 4.54. The largest absolute Gasteiger partial charge is 0.337 e. The predicted molar refractivity (Wildman–Crippen MR) is 106 cm³/mol. The smallest absolute Gasteiger partial charge is 0.319 e. The standard InChI is InChI=1S/C22H30N2O/c1-15(2)19-12-9-13-20(16(3)4)21(19)24-22(25)23-14-17(5)18-10-7-6-8-11-18/h6-13,15-17H,14H2,1-5H3,(H2,23,24,25). The van der Waals surface area contributed by atoms with Gasteiger partial charge in [0, 0.05) is 12.2 Å². The van der Waals surface area contributed by atoms with Crippen molar-refractivity contribution in [2.45, 2.75) is 52.4 Å². The van der Waals surface area contributed by atoms with Gasteiger partial charge in [-0.2, -0.15) is 0 Å². The average Bonchev–Trinajstić information content (AvgIpc) is 2.60. The van der Waals surface area contributed by atoms with Crippen LogP contribution in [0.2, 0.25) is 0 Å². The molecule has 2 aromatic carbocycles. The number of carbonyl (C=O) groups is 1. The lowest BCUT2D eigenvalue weighted by Crippen LogP contribution is -2.32. The minimum atomic E-state index is -0.141. The summed E-state index contributed by atoms with van der Waals surface area (Å²) in [6.07, 6.45) is 0. The fourth-order valence-electron chi connectivity index (χ4n) is 3.00. The van der Waals surface area contributed by atoms with Crippen molar-refractivity contribution in [1.82, 2.24) is 5.32 Å². The van der Waals surface area contributed by atoms with E-state index >= 15 is 0 Å². The molecule has 0 radical (unpaired) electrons. The second kappa shape index (κ2) is 8.70. The van der Waals surface area contributed by atoms with Crippen LogP contribution in [0.1, 0.15) is 69.1 Å². The normalized spacial score (nSPS) is 12.3. The third-order valence-corrected chi connectivity index (χ3v) is 4.55. The van der Waals surface area contributed by atoms with Gasteiger partial charge in [0.25, 0.3) is 0 Å². The maximum absolute atomic E-state index is 12.5. The number of amides is 2. The molecule has 0 saturated heterocycles. The van der Waals surface area contributed by atoms with Crippen LogP contribution in [0, 0.1) is 0 Å². The number of anilines is 1. The van der Waals surface area contributed by atoms with Crippen molar-refractivity contribution in [3.8, 4) is 0 Å². The lowest BCUT2D eigenvalue weighted by molar-refractivity contribution is 0.251. The van der Waals surface area contributed by atoms with Crippen LogP contribution in [-0.2, 0) is 0 Å². The second-order valence-corrected chi connectivity index (χ2v) is 7.27. The zero-order chi connectivity index (χ0) is 18.4. The van der Waals surface area contributed by atoms with Gasteiger partial charge in [0.05, 0.1) is 0 Å². The minimum absolute atomic E-state index is 0.141. The fourth-order valence-corrected chi connectivity index (χ4v) is 3.00. The second-order valence-electron chi connectivity index (χ2n) is 7.27. The molecule has 2 N–H and O–H groups in total. The highest BCUT2D eigenvalue weighted by atomic mass is 16.2. The van der Waals surface area contributed by atoms with Crippen LogP contribution in [0.15, 0.2) is 48.5 Å². The van der Waals surface area contributed by atoms with E-state index in [9.17, 15) is 4.79 Å². The zero-order valence-electron chi connectivity index (χ0n) is 16.0. The van der Waals surface area contributed by atoms with E-state index in [1.807, 2.05) is 18.2 Å². The molecule has 3 nitrogen and oxygen atoms in total. The van der Waals surface area contributed by atoms with Crippen molar-refractivity contribution in [3.63, 3.8) is 0 Å². The molecule has 3 heteroatoms. The van der Waals surface area contributed by atoms with Crippen LogP contribution >= 0.6 is 0 Å². The summed E-state index contributed by atoms with van der Waals surface area (Å²) in [5.74, 6) is 0.992. The minimum Gasteiger partial charge on any atom is -0.337 e. The van der Waals surface area contributed by atoms with Crippen molar-refractivity contribution < 1.29 is 4.79 Å². The molecule has 0 spiro atoms. The van der Waals surface area contributed by atoms with Gasteiger partial charge in [-0.05, 0) is 34.4 Å². The summed E-state index contributed by atoms with van der Waals surface area (Å²) in [6, 6.07) is 16.4. The quantitative estimate of drug-likeness (QED) is 0.680. The first-order valence-corrected chi connectivity index (χ1v) is 9.12. The lowest BCUT2D eigenvalue weighted by Gasteiger charge is -2.21. The van der Waals surface area contributed by atoms with E-state index in [0.29, 0.717) is 18.4 Å².